The Balaban J connectivity index is 1.68. The molecule has 2 aliphatic rings. The van der Waals surface area contributed by atoms with E-state index in [0.717, 1.165) is 56.7 Å². The Labute approximate surface area is 152 Å². The fourth-order valence-electron chi connectivity index (χ4n) is 4.07. The van der Waals surface area contributed by atoms with E-state index in [4.69, 9.17) is 0 Å². The molecule has 0 aliphatic carbocycles. The number of piperazine rings is 1. The first-order valence-corrected chi connectivity index (χ1v) is 9.63. The Morgan fingerprint density at radius 3 is 2.56 bits per heavy atom. The molecule has 5 heteroatoms. The third-order valence-corrected chi connectivity index (χ3v) is 5.81. The summed E-state index contributed by atoms with van der Waals surface area (Å²) in [7, 11) is 2.17. The monoisotopic (exact) mass is 344 g/mol. The highest BCUT2D eigenvalue weighted by atomic mass is 16.2. The van der Waals surface area contributed by atoms with Gasteiger partial charge in [0.15, 0.2) is 0 Å². The van der Waals surface area contributed by atoms with Crippen molar-refractivity contribution < 1.29 is 4.79 Å². The molecule has 25 heavy (non-hydrogen) atoms. The number of urea groups is 1. The number of carbonyl (C=O) groups is 1. The number of hydrogen-bond acceptors (Lipinski definition) is 3. The van der Waals surface area contributed by atoms with Crippen LogP contribution in [0.5, 0.6) is 0 Å². The van der Waals surface area contributed by atoms with Gasteiger partial charge in [-0.1, -0.05) is 6.92 Å². The Bertz CT molecular complexity index is 610. The lowest BCUT2D eigenvalue weighted by Gasteiger charge is -2.34. The van der Waals surface area contributed by atoms with Crippen molar-refractivity contribution in [3.63, 3.8) is 0 Å². The van der Waals surface area contributed by atoms with Crippen LogP contribution in [0.4, 0.5) is 16.2 Å². The third kappa shape index (κ3) is 3.92. The second-order valence-electron chi connectivity index (χ2n) is 7.62. The second kappa shape index (κ2) is 7.65. The zero-order valence-electron chi connectivity index (χ0n) is 16.1. The van der Waals surface area contributed by atoms with Crippen LogP contribution in [0.25, 0.3) is 0 Å². The minimum absolute atomic E-state index is 0.0484. The van der Waals surface area contributed by atoms with Crippen LogP contribution >= 0.6 is 0 Å². The predicted molar refractivity (Wildman–Crippen MR) is 105 cm³/mol. The van der Waals surface area contributed by atoms with Crippen molar-refractivity contribution in [3.05, 3.63) is 23.8 Å². The predicted octanol–water partition coefficient (Wildman–Crippen LogP) is 3.54. The summed E-state index contributed by atoms with van der Waals surface area (Å²) in [4.78, 5) is 19.6. The van der Waals surface area contributed by atoms with Crippen LogP contribution in [0.3, 0.4) is 0 Å². The maximum absolute atomic E-state index is 12.8. The van der Waals surface area contributed by atoms with E-state index in [-0.39, 0.29) is 6.03 Å². The van der Waals surface area contributed by atoms with Gasteiger partial charge < -0.3 is 20.0 Å². The molecule has 0 saturated carbocycles. The molecule has 2 heterocycles. The second-order valence-corrected chi connectivity index (χ2v) is 7.62. The molecule has 2 unspecified atom stereocenters. The molecule has 2 amide bonds. The number of amides is 2. The van der Waals surface area contributed by atoms with Crippen molar-refractivity contribution in [2.24, 2.45) is 0 Å². The average Bonchev–Trinajstić information content (AvgIpc) is 2.98. The number of likely N-dealkylation sites (N-methyl/N-ethyl adjacent to an activating group) is 1. The maximum Gasteiger partial charge on any atom is 0.322 e. The van der Waals surface area contributed by atoms with Gasteiger partial charge in [-0.05, 0) is 63.9 Å². The summed E-state index contributed by atoms with van der Waals surface area (Å²) >= 11 is 0. The Kier molecular flexibility index (Phi) is 5.52. The van der Waals surface area contributed by atoms with Gasteiger partial charge in [-0.2, -0.15) is 0 Å². The van der Waals surface area contributed by atoms with Gasteiger partial charge >= 0.3 is 6.03 Å². The van der Waals surface area contributed by atoms with E-state index in [1.54, 1.807) is 0 Å². The van der Waals surface area contributed by atoms with Crippen molar-refractivity contribution in [1.82, 2.24) is 9.80 Å². The van der Waals surface area contributed by atoms with Gasteiger partial charge in [-0.25, -0.2) is 4.79 Å². The molecule has 1 aromatic rings. The van der Waals surface area contributed by atoms with Crippen LogP contribution < -0.4 is 10.2 Å². The smallest absolute Gasteiger partial charge is 0.322 e. The van der Waals surface area contributed by atoms with Crippen LogP contribution in [0.1, 0.15) is 38.7 Å². The zero-order valence-corrected chi connectivity index (χ0v) is 16.1. The van der Waals surface area contributed by atoms with Crippen LogP contribution in [0.2, 0.25) is 0 Å². The van der Waals surface area contributed by atoms with Gasteiger partial charge in [0.1, 0.15) is 0 Å². The highest BCUT2D eigenvalue weighted by Gasteiger charge is 2.33. The first-order chi connectivity index (χ1) is 12.0. The Morgan fingerprint density at radius 1 is 1.20 bits per heavy atom. The SMILES string of the molecule is CCC1CCC(C)N1C(=O)Nc1ccc(N2CCN(C)CC2)cc1C. The van der Waals surface area contributed by atoms with Crippen LogP contribution in [-0.2, 0) is 0 Å². The standard InChI is InChI=1S/C20H32N4O/c1-5-17-7-6-16(3)24(17)20(25)21-19-9-8-18(14-15(19)2)23-12-10-22(4)11-13-23/h8-9,14,16-17H,5-7,10-13H2,1-4H3,(H,21,25). The number of carbonyl (C=O) groups excluding carboxylic acids is 1. The topological polar surface area (TPSA) is 38.8 Å². The summed E-state index contributed by atoms with van der Waals surface area (Å²) in [6, 6.07) is 7.15. The number of nitrogens with zero attached hydrogens (tertiary/aromatic N) is 3. The van der Waals surface area contributed by atoms with Crippen LogP contribution in [0, 0.1) is 6.92 Å². The zero-order chi connectivity index (χ0) is 18.0. The van der Waals surface area contributed by atoms with Gasteiger partial charge in [0, 0.05) is 49.6 Å². The summed E-state index contributed by atoms with van der Waals surface area (Å²) in [6.07, 6.45) is 3.25. The molecule has 0 bridgehead atoms. The van der Waals surface area contributed by atoms with Crippen LogP contribution in [0.15, 0.2) is 18.2 Å². The van der Waals surface area contributed by atoms with E-state index in [1.165, 1.54) is 5.69 Å². The molecule has 2 atom stereocenters. The summed E-state index contributed by atoms with van der Waals surface area (Å²) in [5.74, 6) is 0. The van der Waals surface area contributed by atoms with Gasteiger partial charge in [0.05, 0.1) is 0 Å². The fourth-order valence-corrected chi connectivity index (χ4v) is 4.07. The summed E-state index contributed by atoms with van der Waals surface area (Å²) in [5, 5.41) is 3.14. The van der Waals surface area contributed by atoms with Gasteiger partial charge in [0.25, 0.3) is 0 Å². The molecule has 1 N–H and O–H groups in total. The highest BCUT2D eigenvalue weighted by Crippen LogP contribution is 2.28. The van der Waals surface area contributed by atoms with Gasteiger partial charge in [0.2, 0.25) is 0 Å². The van der Waals surface area contributed by atoms with Crippen molar-refractivity contribution in [2.75, 3.05) is 43.4 Å². The van der Waals surface area contributed by atoms with E-state index in [2.05, 4.69) is 61.1 Å². The molecule has 138 valence electrons. The van der Waals surface area contributed by atoms with E-state index in [1.807, 2.05) is 4.90 Å². The average molecular weight is 345 g/mol. The molecule has 1 aromatic carbocycles. The van der Waals surface area contributed by atoms with Crippen molar-refractivity contribution in [1.29, 1.82) is 0 Å². The third-order valence-electron chi connectivity index (χ3n) is 5.81. The molecule has 2 saturated heterocycles. The first kappa shape index (κ1) is 18.1. The number of aryl methyl sites for hydroxylation is 1. The maximum atomic E-state index is 12.8. The first-order valence-electron chi connectivity index (χ1n) is 9.63. The van der Waals surface area contributed by atoms with Gasteiger partial charge in [-0.15, -0.1) is 0 Å². The number of hydrogen-bond donors (Lipinski definition) is 1. The molecule has 0 aromatic heterocycles. The number of rotatable bonds is 3. The van der Waals surface area contributed by atoms with E-state index < -0.39 is 0 Å². The largest absolute Gasteiger partial charge is 0.369 e. The summed E-state index contributed by atoms with van der Waals surface area (Å²) < 4.78 is 0. The normalized spacial score (nSPS) is 24.6. The van der Waals surface area contributed by atoms with Crippen molar-refractivity contribution in [2.45, 2.75) is 52.1 Å². The molecular weight excluding hydrogens is 312 g/mol. The molecule has 0 spiro atoms. The summed E-state index contributed by atoms with van der Waals surface area (Å²) in [5.41, 5.74) is 3.31. The van der Waals surface area contributed by atoms with E-state index in [9.17, 15) is 4.79 Å². The fraction of sp³-hybridized carbons (Fsp3) is 0.650. The molecule has 2 fully saturated rings. The molecule has 0 radical (unpaired) electrons. The number of anilines is 2. The molecule has 2 aliphatic heterocycles. The molecular formula is C20H32N4O. The quantitative estimate of drug-likeness (QED) is 0.911. The Morgan fingerprint density at radius 2 is 1.92 bits per heavy atom. The lowest BCUT2D eigenvalue weighted by atomic mass is 10.1. The van der Waals surface area contributed by atoms with E-state index >= 15 is 0 Å². The molecule has 5 nitrogen and oxygen atoms in total. The number of nitrogens with one attached hydrogen (secondary N) is 1. The van der Waals surface area contributed by atoms with Crippen LogP contribution in [-0.4, -0.2) is 61.1 Å². The van der Waals surface area contributed by atoms with Crippen molar-refractivity contribution in [3.8, 4) is 0 Å². The van der Waals surface area contributed by atoms with Gasteiger partial charge in [-0.3, -0.25) is 0 Å². The van der Waals surface area contributed by atoms with Crippen molar-refractivity contribution >= 4 is 17.4 Å². The minimum Gasteiger partial charge on any atom is -0.369 e. The molecule has 3 rings (SSSR count). The lowest BCUT2D eigenvalue weighted by molar-refractivity contribution is 0.188. The number of benzene rings is 1. The minimum atomic E-state index is 0.0484. The highest BCUT2D eigenvalue weighted by molar-refractivity contribution is 5.91. The van der Waals surface area contributed by atoms with E-state index in [0.29, 0.717) is 12.1 Å². The Hall–Kier alpha value is -1.75. The lowest BCUT2D eigenvalue weighted by Crippen LogP contribution is -2.44. The summed E-state index contributed by atoms with van der Waals surface area (Å²) in [6.45, 7) is 10.7. The number of likely N-dealkylation sites (tertiary alicyclic amines) is 1.